The molecule has 3 nitrogen and oxygen atoms in total. The number of aromatic amines is 1. The molecule has 3 aromatic rings. The van der Waals surface area contributed by atoms with Gasteiger partial charge in [0.05, 0.1) is 10.9 Å². The minimum atomic E-state index is -0.318. The molecule has 0 aliphatic rings. The fraction of sp³-hybridized carbons (Fsp3) is 0. The normalized spacial score (nSPS) is 11.3. The van der Waals surface area contributed by atoms with Gasteiger partial charge in [0.25, 0.3) is 0 Å². The van der Waals surface area contributed by atoms with Crippen molar-refractivity contribution in [3.05, 3.63) is 35.5 Å². The Labute approximate surface area is 88.9 Å². The van der Waals surface area contributed by atoms with Crippen LogP contribution in [0.2, 0.25) is 5.15 Å². The van der Waals surface area contributed by atoms with Crippen LogP contribution in [-0.4, -0.2) is 15.0 Å². The van der Waals surface area contributed by atoms with E-state index in [0.29, 0.717) is 27.1 Å². The first kappa shape index (κ1) is 8.61. The monoisotopic (exact) mass is 221 g/mol. The Kier molecular flexibility index (Phi) is 1.67. The third-order valence-corrected chi connectivity index (χ3v) is 2.61. The Morgan fingerprint density at radius 2 is 2.13 bits per heavy atom. The molecule has 15 heavy (non-hydrogen) atoms. The van der Waals surface area contributed by atoms with Crippen LogP contribution in [0.25, 0.3) is 21.9 Å². The summed E-state index contributed by atoms with van der Waals surface area (Å²) in [4.78, 5) is 10.8. The van der Waals surface area contributed by atoms with Gasteiger partial charge in [-0.2, -0.15) is 0 Å². The van der Waals surface area contributed by atoms with Crippen LogP contribution in [0.1, 0.15) is 0 Å². The number of hydrogen-bond donors (Lipinski definition) is 1. The average molecular weight is 222 g/mol. The lowest BCUT2D eigenvalue weighted by atomic mass is 10.2. The highest BCUT2D eigenvalue weighted by Gasteiger charge is 2.11. The van der Waals surface area contributed by atoms with Crippen LogP contribution in [0.4, 0.5) is 4.39 Å². The van der Waals surface area contributed by atoms with Gasteiger partial charge in [-0.15, -0.1) is 0 Å². The smallest absolute Gasteiger partial charge is 0.147 e. The van der Waals surface area contributed by atoms with Crippen molar-refractivity contribution in [2.75, 3.05) is 0 Å². The second kappa shape index (κ2) is 2.90. The summed E-state index contributed by atoms with van der Waals surface area (Å²) in [6.07, 6.45) is 1.35. The minimum Gasteiger partial charge on any atom is -0.337 e. The van der Waals surface area contributed by atoms with Gasteiger partial charge in [-0.3, -0.25) is 0 Å². The number of nitrogens with zero attached hydrogens (tertiary/aromatic N) is 2. The lowest BCUT2D eigenvalue weighted by Gasteiger charge is -1.92. The maximum absolute atomic E-state index is 13.4. The quantitative estimate of drug-likeness (QED) is 0.593. The number of halogens is 2. The first-order valence-corrected chi connectivity index (χ1v) is 4.71. The second-order valence-corrected chi connectivity index (χ2v) is 3.53. The highest BCUT2D eigenvalue weighted by atomic mass is 35.5. The number of benzene rings is 1. The largest absolute Gasteiger partial charge is 0.337 e. The summed E-state index contributed by atoms with van der Waals surface area (Å²) in [6, 6.07) is 4.81. The van der Waals surface area contributed by atoms with Crippen LogP contribution < -0.4 is 0 Å². The third-order valence-electron chi connectivity index (χ3n) is 2.33. The molecule has 2 aromatic heterocycles. The molecule has 2 heterocycles. The summed E-state index contributed by atoms with van der Waals surface area (Å²) >= 11 is 5.94. The number of rotatable bonds is 0. The van der Waals surface area contributed by atoms with Gasteiger partial charge in [0.15, 0.2) is 0 Å². The SMILES string of the molecule is Fc1cccc2c1[nH]c1ncnc(Cl)c12. The van der Waals surface area contributed by atoms with E-state index in [-0.39, 0.29) is 5.82 Å². The number of hydrogen-bond acceptors (Lipinski definition) is 2. The molecule has 0 saturated carbocycles. The molecule has 0 atom stereocenters. The summed E-state index contributed by atoms with van der Waals surface area (Å²) in [5, 5.41) is 1.70. The van der Waals surface area contributed by atoms with Gasteiger partial charge in [0.1, 0.15) is 22.9 Å². The molecule has 0 bridgehead atoms. The molecular formula is C10H5ClFN3. The van der Waals surface area contributed by atoms with E-state index < -0.39 is 0 Å². The molecule has 0 aliphatic heterocycles. The number of nitrogens with one attached hydrogen (secondary N) is 1. The lowest BCUT2D eigenvalue weighted by Crippen LogP contribution is -1.79. The van der Waals surface area contributed by atoms with E-state index in [1.807, 2.05) is 0 Å². The number of para-hydroxylation sites is 1. The zero-order valence-corrected chi connectivity index (χ0v) is 8.22. The first-order valence-electron chi connectivity index (χ1n) is 4.34. The van der Waals surface area contributed by atoms with Crippen molar-refractivity contribution < 1.29 is 4.39 Å². The van der Waals surface area contributed by atoms with Crippen LogP contribution in [0.3, 0.4) is 0 Å². The molecule has 0 spiro atoms. The fourth-order valence-electron chi connectivity index (χ4n) is 1.68. The Morgan fingerprint density at radius 1 is 1.27 bits per heavy atom. The molecule has 1 aromatic carbocycles. The zero-order chi connectivity index (χ0) is 10.4. The summed E-state index contributed by atoms with van der Waals surface area (Å²) < 4.78 is 13.4. The molecule has 1 N–H and O–H groups in total. The Bertz CT molecular complexity index is 662. The summed E-state index contributed by atoms with van der Waals surface area (Å²) in [5.74, 6) is -0.318. The fourth-order valence-corrected chi connectivity index (χ4v) is 1.91. The van der Waals surface area contributed by atoms with E-state index in [9.17, 15) is 4.39 Å². The van der Waals surface area contributed by atoms with Crippen LogP contribution in [-0.2, 0) is 0 Å². The van der Waals surface area contributed by atoms with Crippen LogP contribution in [0.15, 0.2) is 24.5 Å². The van der Waals surface area contributed by atoms with Gasteiger partial charge in [-0.05, 0) is 6.07 Å². The topological polar surface area (TPSA) is 41.6 Å². The highest BCUT2D eigenvalue weighted by molar-refractivity contribution is 6.36. The summed E-state index contributed by atoms with van der Waals surface area (Å²) in [6.45, 7) is 0. The first-order chi connectivity index (χ1) is 7.27. The van der Waals surface area contributed by atoms with E-state index in [4.69, 9.17) is 11.6 Å². The molecule has 74 valence electrons. The molecular weight excluding hydrogens is 217 g/mol. The van der Waals surface area contributed by atoms with Gasteiger partial charge in [-0.25, -0.2) is 14.4 Å². The van der Waals surface area contributed by atoms with Crippen molar-refractivity contribution in [1.29, 1.82) is 0 Å². The molecule has 0 aliphatic carbocycles. The Hall–Kier alpha value is -1.68. The van der Waals surface area contributed by atoms with Crippen molar-refractivity contribution in [2.45, 2.75) is 0 Å². The van der Waals surface area contributed by atoms with Crippen molar-refractivity contribution in [1.82, 2.24) is 15.0 Å². The van der Waals surface area contributed by atoms with Crippen LogP contribution in [0.5, 0.6) is 0 Å². The van der Waals surface area contributed by atoms with Crippen molar-refractivity contribution in [3.8, 4) is 0 Å². The molecule has 5 heteroatoms. The Balaban J connectivity index is 2.65. The van der Waals surface area contributed by atoms with Crippen LogP contribution >= 0.6 is 11.6 Å². The zero-order valence-electron chi connectivity index (χ0n) is 7.46. The van der Waals surface area contributed by atoms with Gasteiger partial charge in [-0.1, -0.05) is 23.7 Å². The maximum atomic E-state index is 13.4. The predicted octanol–water partition coefficient (Wildman–Crippen LogP) is 2.90. The average Bonchev–Trinajstić information content (AvgIpc) is 2.59. The minimum absolute atomic E-state index is 0.318. The molecule has 0 saturated heterocycles. The molecule has 0 unspecified atom stereocenters. The second-order valence-electron chi connectivity index (χ2n) is 3.18. The van der Waals surface area contributed by atoms with Gasteiger partial charge >= 0.3 is 0 Å². The lowest BCUT2D eigenvalue weighted by molar-refractivity contribution is 0.637. The van der Waals surface area contributed by atoms with E-state index >= 15 is 0 Å². The van der Waals surface area contributed by atoms with Crippen LogP contribution in [0, 0.1) is 5.82 Å². The van der Waals surface area contributed by atoms with Gasteiger partial charge in [0.2, 0.25) is 0 Å². The molecule has 0 fully saturated rings. The molecule has 0 radical (unpaired) electrons. The summed E-state index contributed by atoms with van der Waals surface area (Å²) in [5.41, 5.74) is 0.963. The predicted molar refractivity (Wildman–Crippen MR) is 56.4 cm³/mol. The summed E-state index contributed by atoms with van der Waals surface area (Å²) in [7, 11) is 0. The number of H-pyrrole nitrogens is 1. The van der Waals surface area contributed by atoms with E-state index in [1.54, 1.807) is 12.1 Å². The van der Waals surface area contributed by atoms with Gasteiger partial charge < -0.3 is 4.98 Å². The van der Waals surface area contributed by atoms with Crippen molar-refractivity contribution in [3.63, 3.8) is 0 Å². The van der Waals surface area contributed by atoms with Crippen molar-refractivity contribution in [2.24, 2.45) is 0 Å². The standard InChI is InChI=1S/C10H5ClFN3/c11-9-7-5-2-1-3-6(12)8(5)15-10(7)14-4-13-9/h1-4H,(H,13,14,15). The maximum Gasteiger partial charge on any atom is 0.147 e. The van der Waals surface area contributed by atoms with E-state index in [1.165, 1.54) is 12.4 Å². The Morgan fingerprint density at radius 3 is 3.00 bits per heavy atom. The highest BCUT2D eigenvalue weighted by Crippen LogP contribution is 2.29. The molecule has 3 rings (SSSR count). The van der Waals surface area contributed by atoms with Gasteiger partial charge in [0, 0.05) is 5.39 Å². The molecule has 0 amide bonds. The number of aromatic nitrogens is 3. The third kappa shape index (κ3) is 1.11. The number of fused-ring (bicyclic) bond motifs is 3. The van der Waals surface area contributed by atoms with Crippen molar-refractivity contribution >= 4 is 33.5 Å². The van der Waals surface area contributed by atoms with E-state index in [2.05, 4.69) is 15.0 Å². The van der Waals surface area contributed by atoms with E-state index in [0.717, 1.165) is 0 Å².